The number of hydrogen-bond acceptors (Lipinski definition) is 5. The lowest BCUT2D eigenvalue weighted by Gasteiger charge is -2.42. The smallest absolute Gasteiger partial charge is 0.254 e. The fourth-order valence-electron chi connectivity index (χ4n) is 3.96. The van der Waals surface area contributed by atoms with Crippen molar-refractivity contribution in [1.82, 2.24) is 4.90 Å². The standard InChI is InChI=1S/C24H23FN4O2S/c1-14(2)12-29-22(16(11-27)13-32)21(18-5-3-4-6-19(18)24(29)31)23(30)28-17-7-8-20(25)15(9-17)10-26/h3-9,11,13-14,21-22H,12,27H2,1-2H3,(H,28,30)/t21-,22+/m1/s1. The van der Waals surface area contributed by atoms with Gasteiger partial charge in [-0.25, -0.2) is 4.39 Å². The second kappa shape index (κ2) is 9.71. The minimum Gasteiger partial charge on any atom is -0.404 e. The molecule has 0 fully saturated rings. The van der Waals surface area contributed by atoms with Crippen molar-refractivity contribution in [1.29, 1.82) is 5.26 Å². The number of anilines is 1. The van der Waals surface area contributed by atoms with E-state index in [0.29, 0.717) is 23.2 Å². The van der Waals surface area contributed by atoms with Crippen LogP contribution in [0.5, 0.6) is 0 Å². The summed E-state index contributed by atoms with van der Waals surface area (Å²) in [6.07, 6.45) is 1.32. The van der Waals surface area contributed by atoms with Crippen molar-refractivity contribution < 1.29 is 14.0 Å². The number of thiocarbonyl (C=S) groups is 1. The Morgan fingerprint density at radius 3 is 2.69 bits per heavy atom. The number of halogens is 1. The van der Waals surface area contributed by atoms with E-state index in [9.17, 15) is 14.0 Å². The summed E-state index contributed by atoms with van der Waals surface area (Å²) < 4.78 is 13.7. The number of fused-ring (bicyclic) bond motifs is 1. The quantitative estimate of drug-likeness (QED) is 0.516. The largest absolute Gasteiger partial charge is 0.404 e. The van der Waals surface area contributed by atoms with E-state index < -0.39 is 23.7 Å². The van der Waals surface area contributed by atoms with Gasteiger partial charge in [0, 0.05) is 34.9 Å². The molecule has 3 N–H and O–H groups in total. The van der Waals surface area contributed by atoms with Crippen molar-refractivity contribution in [3.63, 3.8) is 0 Å². The Morgan fingerprint density at radius 1 is 1.34 bits per heavy atom. The van der Waals surface area contributed by atoms with Crippen LogP contribution in [0.4, 0.5) is 10.1 Å². The third-order valence-corrected chi connectivity index (χ3v) is 5.58. The molecule has 8 heteroatoms. The van der Waals surface area contributed by atoms with E-state index in [-0.39, 0.29) is 23.1 Å². The molecule has 164 valence electrons. The van der Waals surface area contributed by atoms with Gasteiger partial charge in [0.1, 0.15) is 11.9 Å². The van der Waals surface area contributed by atoms with Crippen LogP contribution in [0.3, 0.4) is 0 Å². The van der Waals surface area contributed by atoms with Crippen molar-refractivity contribution in [3.8, 4) is 6.07 Å². The molecule has 0 aliphatic carbocycles. The van der Waals surface area contributed by atoms with Gasteiger partial charge >= 0.3 is 0 Å². The van der Waals surface area contributed by atoms with Crippen LogP contribution >= 0.6 is 12.2 Å². The highest BCUT2D eigenvalue weighted by molar-refractivity contribution is 7.79. The van der Waals surface area contributed by atoms with Crippen molar-refractivity contribution in [2.75, 3.05) is 11.9 Å². The van der Waals surface area contributed by atoms with Crippen LogP contribution in [0.1, 0.15) is 41.3 Å². The summed E-state index contributed by atoms with van der Waals surface area (Å²) >= 11 is 5.15. The zero-order chi connectivity index (χ0) is 23.4. The van der Waals surface area contributed by atoms with E-state index in [4.69, 9.17) is 23.2 Å². The number of nitriles is 1. The van der Waals surface area contributed by atoms with Crippen molar-refractivity contribution in [2.24, 2.45) is 11.7 Å². The predicted octanol–water partition coefficient (Wildman–Crippen LogP) is 3.74. The number of carbonyl (C=O) groups excluding carboxylic acids is 2. The summed E-state index contributed by atoms with van der Waals surface area (Å²) in [4.78, 5) is 28.5. The van der Waals surface area contributed by atoms with Crippen molar-refractivity contribution in [3.05, 3.63) is 76.7 Å². The van der Waals surface area contributed by atoms with Gasteiger partial charge in [0.15, 0.2) is 0 Å². The maximum atomic E-state index is 13.7. The number of hydrogen-bond donors (Lipinski definition) is 2. The first-order valence-electron chi connectivity index (χ1n) is 10.1. The zero-order valence-electron chi connectivity index (χ0n) is 17.7. The number of amides is 2. The molecule has 6 nitrogen and oxygen atoms in total. The molecule has 2 aromatic rings. The monoisotopic (exact) mass is 450 g/mol. The predicted molar refractivity (Wildman–Crippen MR) is 125 cm³/mol. The molecule has 0 spiro atoms. The van der Waals surface area contributed by atoms with E-state index in [2.05, 4.69) is 5.32 Å². The summed E-state index contributed by atoms with van der Waals surface area (Å²) in [7, 11) is 0. The molecule has 2 atom stereocenters. The molecular weight excluding hydrogens is 427 g/mol. The number of nitrogens with one attached hydrogen (secondary N) is 1. The lowest BCUT2D eigenvalue weighted by molar-refractivity contribution is -0.118. The first-order chi connectivity index (χ1) is 15.3. The van der Waals surface area contributed by atoms with Crippen molar-refractivity contribution in [2.45, 2.75) is 25.8 Å². The Balaban J connectivity index is 2.13. The first-order valence-corrected chi connectivity index (χ1v) is 10.6. The molecular formula is C24H23FN4O2S. The Morgan fingerprint density at radius 2 is 2.06 bits per heavy atom. The van der Waals surface area contributed by atoms with E-state index >= 15 is 0 Å². The van der Waals surface area contributed by atoms with Crippen molar-refractivity contribution >= 4 is 35.1 Å². The molecule has 0 bridgehead atoms. The fraction of sp³-hybridized carbons (Fsp3) is 0.250. The van der Waals surface area contributed by atoms with Gasteiger partial charge in [0.2, 0.25) is 5.91 Å². The SMILES string of the molecule is CC(C)CN1C(=O)c2ccccc2[C@@H](C(=O)Nc2ccc(F)c(C#N)c2)[C@@H]1C(C=S)=CN. The van der Waals surface area contributed by atoms with Gasteiger partial charge in [-0.15, -0.1) is 0 Å². The lowest BCUT2D eigenvalue weighted by atomic mass is 9.79. The summed E-state index contributed by atoms with van der Waals surface area (Å²) in [6, 6.07) is 11.8. The van der Waals surface area contributed by atoms with E-state index in [0.717, 1.165) is 6.07 Å². The van der Waals surface area contributed by atoms with Gasteiger partial charge in [-0.2, -0.15) is 5.26 Å². The zero-order valence-corrected chi connectivity index (χ0v) is 18.5. The second-order valence-electron chi connectivity index (χ2n) is 7.94. The van der Waals surface area contributed by atoms with Crippen LogP contribution in [0.25, 0.3) is 0 Å². The van der Waals surface area contributed by atoms with E-state index in [1.807, 2.05) is 13.8 Å². The maximum Gasteiger partial charge on any atom is 0.254 e. The first kappa shape index (κ1) is 23.1. The Labute approximate surface area is 191 Å². The summed E-state index contributed by atoms with van der Waals surface area (Å²) in [5.41, 5.74) is 7.39. The van der Waals surface area contributed by atoms with Gasteiger partial charge in [0.05, 0.1) is 17.5 Å². The van der Waals surface area contributed by atoms with Gasteiger partial charge in [-0.3, -0.25) is 9.59 Å². The maximum absolute atomic E-state index is 13.7. The second-order valence-corrected chi connectivity index (χ2v) is 8.18. The highest BCUT2D eigenvalue weighted by atomic mass is 32.1. The van der Waals surface area contributed by atoms with Crippen LogP contribution in [-0.2, 0) is 4.79 Å². The molecule has 2 amide bonds. The summed E-state index contributed by atoms with van der Waals surface area (Å²) in [5.74, 6) is -1.97. The molecule has 1 aliphatic rings. The van der Waals surface area contributed by atoms with Crippen LogP contribution in [0, 0.1) is 23.1 Å². The number of rotatable bonds is 6. The number of nitrogens with two attached hydrogens (primary N) is 1. The molecule has 0 saturated heterocycles. The normalized spacial score (nSPS) is 18.2. The van der Waals surface area contributed by atoms with E-state index in [1.165, 1.54) is 23.7 Å². The van der Waals surface area contributed by atoms with Gasteiger partial charge in [-0.1, -0.05) is 44.3 Å². The molecule has 32 heavy (non-hydrogen) atoms. The number of benzene rings is 2. The van der Waals surface area contributed by atoms with Crippen LogP contribution in [0.15, 0.2) is 54.2 Å². The molecule has 0 aromatic heterocycles. The number of nitrogens with zero attached hydrogens (tertiary/aromatic N) is 2. The number of carbonyl (C=O) groups is 2. The van der Waals surface area contributed by atoms with Crippen LogP contribution < -0.4 is 11.1 Å². The van der Waals surface area contributed by atoms with E-state index in [1.54, 1.807) is 35.2 Å². The average Bonchev–Trinajstić information content (AvgIpc) is 2.78. The van der Waals surface area contributed by atoms with Gasteiger partial charge in [-0.05, 0) is 35.7 Å². The molecule has 0 unspecified atom stereocenters. The third-order valence-electron chi connectivity index (χ3n) is 5.31. The molecule has 0 radical (unpaired) electrons. The molecule has 0 saturated carbocycles. The Hall–Kier alpha value is -3.57. The molecule has 3 rings (SSSR count). The lowest BCUT2D eigenvalue weighted by Crippen LogP contribution is -2.53. The minimum atomic E-state index is -0.813. The van der Waals surface area contributed by atoms with Gasteiger partial charge in [0.25, 0.3) is 5.91 Å². The average molecular weight is 451 g/mol. The highest BCUT2D eigenvalue weighted by Crippen LogP contribution is 2.37. The van der Waals surface area contributed by atoms with Crippen LogP contribution in [-0.4, -0.2) is 34.7 Å². The third kappa shape index (κ3) is 4.39. The summed E-state index contributed by atoms with van der Waals surface area (Å²) in [5, 5.41) is 13.2. The summed E-state index contributed by atoms with van der Waals surface area (Å²) in [6.45, 7) is 4.35. The fourth-order valence-corrected chi connectivity index (χ4v) is 4.18. The highest BCUT2D eigenvalue weighted by Gasteiger charge is 2.44. The Kier molecular flexibility index (Phi) is 7.01. The van der Waals surface area contributed by atoms with Crippen LogP contribution in [0.2, 0.25) is 0 Å². The Bertz CT molecular complexity index is 1140. The molecule has 2 aromatic carbocycles. The minimum absolute atomic E-state index is 0.134. The molecule has 1 aliphatic heterocycles. The van der Waals surface area contributed by atoms with Gasteiger partial charge < -0.3 is 16.0 Å². The molecule has 1 heterocycles. The topological polar surface area (TPSA) is 99.2 Å².